The first-order chi connectivity index (χ1) is 17.2. The largest absolute Gasteiger partial charge is 0.482 e. The fraction of sp³-hybridized carbons (Fsp3) is 0.308. The normalized spacial score (nSPS) is 14.6. The summed E-state index contributed by atoms with van der Waals surface area (Å²) in [7, 11) is 5.24. The Morgan fingerprint density at radius 1 is 1.28 bits per heavy atom. The van der Waals surface area contributed by atoms with Crippen molar-refractivity contribution in [2.75, 3.05) is 19.8 Å². The summed E-state index contributed by atoms with van der Waals surface area (Å²) in [6.07, 6.45) is 3.43. The number of carbonyl (C=O) groups excluding carboxylic acids is 1. The number of aryl methyl sites for hydroxylation is 2. The Hall–Kier alpha value is -4.21. The fourth-order valence-electron chi connectivity index (χ4n) is 4.70. The number of amides is 1. The lowest BCUT2D eigenvalue weighted by Crippen LogP contribution is -2.23. The maximum atomic E-state index is 14.4. The van der Waals surface area contributed by atoms with Crippen molar-refractivity contribution in [1.29, 1.82) is 0 Å². The molecule has 0 radical (unpaired) electrons. The Morgan fingerprint density at radius 2 is 2.06 bits per heavy atom. The molecular weight excluding hydrogens is 461 g/mol. The Labute approximate surface area is 208 Å². The molecule has 2 N–H and O–H groups in total. The van der Waals surface area contributed by atoms with Gasteiger partial charge in [0, 0.05) is 74.3 Å². The van der Waals surface area contributed by atoms with E-state index in [9.17, 15) is 9.18 Å². The molecule has 186 valence electrons. The van der Waals surface area contributed by atoms with Crippen molar-refractivity contribution < 1.29 is 13.9 Å². The van der Waals surface area contributed by atoms with Gasteiger partial charge in [-0.2, -0.15) is 10.2 Å². The number of halogens is 1. The average Bonchev–Trinajstić information content (AvgIpc) is 3.39. The van der Waals surface area contributed by atoms with Crippen LogP contribution in [0.25, 0.3) is 22.5 Å². The molecule has 0 unspecified atom stereocenters. The van der Waals surface area contributed by atoms with E-state index in [0.717, 1.165) is 27.9 Å². The van der Waals surface area contributed by atoms with Crippen LogP contribution >= 0.6 is 0 Å². The number of nitrogen functional groups attached to an aromatic ring is 1. The number of hydrogen-bond donors (Lipinski definition) is 1. The van der Waals surface area contributed by atoms with Crippen LogP contribution in [-0.4, -0.2) is 49.4 Å². The number of fused-ring (bicyclic) bond motifs is 7. The molecule has 1 amide bonds. The molecule has 2 bridgehead atoms. The van der Waals surface area contributed by atoms with Crippen molar-refractivity contribution in [2.24, 2.45) is 7.05 Å². The summed E-state index contributed by atoms with van der Waals surface area (Å²) >= 11 is 0. The van der Waals surface area contributed by atoms with E-state index in [1.165, 1.54) is 17.0 Å². The van der Waals surface area contributed by atoms with E-state index >= 15 is 0 Å². The minimum Gasteiger partial charge on any atom is -0.482 e. The van der Waals surface area contributed by atoms with Crippen LogP contribution in [0.2, 0.25) is 0 Å². The summed E-state index contributed by atoms with van der Waals surface area (Å²) in [5.74, 6) is 0.00566. The summed E-state index contributed by atoms with van der Waals surface area (Å²) in [5.41, 5.74) is 11.7. The zero-order valence-corrected chi connectivity index (χ0v) is 20.9. The van der Waals surface area contributed by atoms with Crippen molar-refractivity contribution in [1.82, 2.24) is 29.4 Å². The third-order valence-electron chi connectivity index (χ3n) is 6.40. The van der Waals surface area contributed by atoms with Crippen LogP contribution in [-0.2, 0) is 20.0 Å². The molecule has 0 fully saturated rings. The lowest BCUT2D eigenvalue weighted by Gasteiger charge is -2.21. The third-order valence-corrected chi connectivity index (χ3v) is 6.40. The highest BCUT2D eigenvalue weighted by atomic mass is 19.1. The lowest BCUT2D eigenvalue weighted by molar-refractivity contribution is 0.0820. The fourth-order valence-corrected chi connectivity index (χ4v) is 4.70. The minimum absolute atomic E-state index is 0.202. The van der Waals surface area contributed by atoms with E-state index in [-0.39, 0.29) is 17.5 Å². The number of aromatic nitrogens is 5. The Balaban J connectivity index is 1.86. The molecule has 1 aliphatic rings. The Morgan fingerprint density at radius 3 is 2.78 bits per heavy atom. The van der Waals surface area contributed by atoms with Gasteiger partial charge in [-0.25, -0.2) is 9.37 Å². The summed E-state index contributed by atoms with van der Waals surface area (Å²) in [5, 5.41) is 9.42. The summed E-state index contributed by atoms with van der Waals surface area (Å²) in [6, 6.07) is 6.38. The number of carbonyl (C=O) groups is 1. The Kier molecular flexibility index (Phi) is 5.74. The van der Waals surface area contributed by atoms with Crippen LogP contribution in [0.1, 0.15) is 47.1 Å². The zero-order chi connectivity index (χ0) is 25.7. The van der Waals surface area contributed by atoms with E-state index in [0.29, 0.717) is 35.7 Å². The number of anilines is 1. The van der Waals surface area contributed by atoms with Gasteiger partial charge >= 0.3 is 0 Å². The number of ether oxygens (including phenoxy) is 1. The molecule has 36 heavy (non-hydrogen) atoms. The molecule has 0 saturated heterocycles. The molecular formula is C26H28FN7O2. The molecule has 0 aliphatic carbocycles. The van der Waals surface area contributed by atoms with Gasteiger partial charge in [-0.15, -0.1) is 0 Å². The van der Waals surface area contributed by atoms with Crippen molar-refractivity contribution >= 4 is 11.7 Å². The quantitative estimate of drug-likeness (QED) is 0.459. The number of benzene rings is 1. The van der Waals surface area contributed by atoms with E-state index in [4.69, 9.17) is 20.7 Å². The maximum Gasteiger partial charge on any atom is 0.274 e. The zero-order valence-electron chi connectivity index (χ0n) is 20.9. The molecule has 1 aromatic carbocycles. The first kappa shape index (κ1) is 23.5. The molecule has 5 rings (SSSR count). The summed E-state index contributed by atoms with van der Waals surface area (Å²) in [4.78, 5) is 19.1. The van der Waals surface area contributed by atoms with Gasteiger partial charge in [-0.3, -0.25) is 14.2 Å². The highest BCUT2D eigenvalue weighted by molar-refractivity contribution is 5.95. The van der Waals surface area contributed by atoms with E-state index in [1.807, 2.05) is 27.1 Å². The molecule has 0 saturated carbocycles. The van der Waals surface area contributed by atoms with E-state index in [2.05, 4.69) is 4.98 Å². The number of pyridine rings is 1. The van der Waals surface area contributed by atoms with E-state index < -0.39 is 6.10 Å². The van der Waals surface area contributed by atoms with Crippen LogP contribution in [0, 0.1) is 5.82 Å². The topological polar surface area (TPSA) is 104 Å². The second-order valence-corrected chi connectivity index (χ2v) is 9.14. The monoisotopic (exact) mass is 489 g/mol. The van der Waals surface area contributed by atoms with Gasteiger partial charge < -0.3 is 15.4 Å². The van der Waals surface area contributed by atoms with Gasteiger partial charge in [0.25, 0.3) is 5.91 Å². The second kappa shape index (κ2) is 8.78. The van der Waals surface area contributed by atoms with E-state index in [1.54, 1.807) is 41.8 Å². The van der Waals surface area contributed by atoms with Crippen LogP contribution in [0.5, 0.6) is 5.75 Å². The summed E-state index contributed by atoms with van der Waals surface area (Å²) in [6.45, 7) is 4.36. The number of nitrogens with zero attached hydrogens (tertiary/aromatic N) is 6. The number of hydrogen-bond acceptors (Lipinski definition) is 6. The van der Waals surface area contributed by atoms with Gasteiger partial charge in [-0.1, -0.05) is 0 Å². The minimum atomic E-state index is -0.536. The van der Waals surface area contributed by atoms with Gasteiger partial charge in [0.2, 0.25) is 0 Å². The molecule has 4 heterocycles. The third kappa shape index (κ3) is 3.88. The maximum absolute atomic E-state index is 14.4. The molecule has 10 heteroatoms. The number of rotatable bonds is 2. The molecule has 4 aromatic rings. The summed E-state index contributed by atoms with van der Waals surface area (Å²) < 4.78 is 24.2. The van der Waals surface area contributed by atoms with Crippen molar-refractivity contribution in [2.45, 2.75) is 32.9 Å². The van der Waals surface area contributed by atoms with Crippen molar-refractivity contribution in [3.63, 3.8) is 0 Å². The van der Waals surface area contributed by atoms with Gasteiger partial charge in [0.1, 0.15) is 11.9 Å². The highest BCUT2D eigenvalue weighted by Gasteiger charge is 2.29. The SMILES string of the molecule is CCn1nc(C(=O)N(C)C)c2c1-c1cnc(N)c(c1)O[C@H](C)c1cc(F)ccc1-c1nn(C)cc1C2. The second-order valence-electron chi connectivity index (χ2n) is 9.14. The smallest absolute Gasteiger partial charge is 0.274 e. The highest BCUT2D eigenvalue weighted by Crippen LogP contribution is 2.39. The molecule has 0 spiro atoms. The standard InChI is InChI=1S/C26H28FN7O2/c1-6-34-24-15-10-21(25(28)29-12-15)36-14(2)19-11-17(27)7-8-18(19)22-16(13-33(5)30-22)9-20(24)23(31-34)26(35)32(3)4/h7-8,10-14H,6,9H2,1-5H3,(H2,28,29)/t14-/m1/s1. The molecule has 1 atom stereocenters. The van der Waals surface area contributed by atoms with Gasteiger partial charge in [-0.05, 0) is 38.1 Å². The van der Waals surface area contributed by atoms with Gasteiger partial charge in [0.15, 0.2) is 17.3 Å². The predicted octanol–water partition coefficient (Wildman–Crippen LogP) is 3.83. The van der Waals surface area contributed by atoms with Gasteiger partial charge in [0.05, 0.1) is 11.4 Å². The first-order valence-corrected chi connectivity index (χ1v) is 11.7. The van der Waals surface area contributed by atoms with Crippen LogP contribution in [0.3, 0.4) is 0 Å². The van der Waals surface area contributed by atoms with Crippen molar-refractivity contribution in [3.05, 3.63) is 64.9 Å². The average molecular weight is 490 g/mol. The van der Waals surface area contributed by atoms with Crippen LogP contribution in [0.4, 0.5) is 10.2 Å². The molecule has 1 aliphatic heterocycles. The molecule has 9 nitrogen and oxygen atoms in total. The van der Waals surface area contributed by atoms with Crippen LogP contribution < -0.4 is 10.5 Å². The molecule has 3 aromatic heterocycles. The van der Waals surface area contributed by atoms with Crippen LogP contribution in [0.15, 0.2) is 36.7 Å². The van der Waals surface area contributed by atoms with Crippen molar-refractivity contribution in [3.8, 4) is 28.3 Å². The number of nitrogens with two attached hydrogens (primary N) is 1. The Bertz CT molecular complexity index is 1490. The predicted molar refractivity (Wildman–Crippen MR) is 134 cm³/mol. The first-order valence-electron chi connectivity index (χ1n) is 11.7. The lowest BCUT2D eigenvalue weighted by atomic mass is 9.93.